The maximum atomic E-state index is 11.5. The molecule has 0 aromatic rings. The molecule has 0 saturated heterocycles. The summed E-state index contributed by atoms with van der Waals surface area (Å²) in [4.78, 5) is 13.2. The van der Waals surface area contributed by atoms with Gasteiger partial charge in [-0.1, -0.05) is 6.42 Å². The van der Waals surface area contributed by atoms with E-state index in [4.69, 9.17) is 10.5 Å². The van der Waals surface area contributed by atoms with Crippen LogP contribution in [0.25, 0.3) is 0 Å². The van der Waals surface area contributed by atoms with Crippen molar-refractivity contribution in [3.05, 3.63) is 0 Å². The van der Waals surface area contributed by atoms with E-state index in [1.165, 1.54) is 0 Å². The van der Waals surface area contributed by atoms with E-state index in [1.54, 1.807) is 26.0 Å². The van der Waals surface area contributed by atoms with Crippen molar-refractivity contribution in [3.8, 4) is 0 Å². The van der Waals surface area contributed by atoms with Crippen molar-refractivity contribution in [2.45, 2.75) is 32.3 Å². The van der Waals surface area contributed by atoms with Gasteiger partial charge in [0.15, 0.2) is 0 Å². The molecule has 14 heavy (non-hydrogen) atoms. The first-order valence-electron chi connectivity index (χ1n) is 5.11. The van der Waals surface area contributed by atoms with E-state index in [0.29, 0.717) is 0 Å². The molecular weight excluding hydrogens is 180 g/mol. The van der Waals surface area contributed by atoms with E-state index in [-0.39, 0.29) is 12.0 Å². The van der Waals surface area contributed by atoms with E-state index in [0.717, 1.165) is 32.4 Å². The third kappa shape index (κ3) is 5.19. The molecule has 0 aromatic carbocycles. The van der Waals surface area contributed by atoms with Crippen LogP contribution in [0.15, 0.2) is 0 Å². The van der Waals surface area contributed by atoms with E-state index >= 15 is 0 Å². The SMILES string of the molecule is COC(C)C(=O)N(C)CCCCCN. The Morgan fingerprint density at radius 1 is 1.43 bits per heavy atom. The highest BCUT2D eigenvalue weighted by Crippen LogP contribution is 2.00. The molecule has 1 atom stereocenters. The summed E-state index contributed by atoms with van der Waals surface area (Å²) in [6, 6.07) is 0. The van der Waals surface area contributed by atoms with Gasteiger partial charge in [-0.05, 0) is 26.3 Å². The van der Waals surface area contributed by atoms with Crippen LogP contribution in [0.3, 0.4) is 0 Å². The Morgan fingerprint density at radius 2 is 2.07 bits per heavy atom. The van der Waals surface area contributed by atoms with Crippen molar-refractivity contribution in [2.75, 3.05) is 27.2 Å². The monoisotopic (exact) mass is 202 g/mol. The van der Waals surface area contributed by atoms with E-state index < -0.39 is 0 Å². The lowest BCUT2D eigenvalue weighted by Gasteiger charge is -2.20. The fraction of sp³-hybridized carbons (Fsp3) is 0.900. The van der Waals surface area contributed by atoms with Crippen LogP contribution >= 0.6 is 0 Å². The zero-order chi connectivity index (χ0) is 11.0. The molecule has 2 N–H and O–H groups in total. The highest BCUT2D eigenvalue weighted by atomic mass is 16.5. The van der Waals surface area contributed by atoms with Crippen molar-refractivity contribution < 1.29 is 9.53 Å². The second-order valence-corrected chi connectivity index (χ2v) is 3.49. The zero-order valence-corrected chi connectivity index (χ0v) is 9.45. The maximum Gasteiger partial charge on any atom is 0.251 e. The second-order valence-electron chi connectivity index (χ2n) is 3.49. The smallest absolute Gasteiger partial charge is 0.251 e. The molecule has 0 radical (unpaired) electrons. The fourth-order valence-electron chi connectivity index (χ4n) is 1.19. The minimum absolute atomic E-state index is 0.0419. The molecule has 4 nitrogen and oxygen atoms in total. The van der Waals surface area contributed by atoms with Crippen molar-refractivity contribution in [1.82, 2.24) is 4.90 Å². The van der Waals surface area contributed by atoms with Gasteiger partial charge in [0.25, 0.3) is 5.91 Å². The van der Waals surface area contributed by atoms with Gasteiger partial charge in [-0.15, -0.1) is 0 Å². The Hall–Kier alpha value is -0.610. The van der Waals surface area contributed by atoms with Crippen LogP contribution in [0, 0.1) is 0 Å². The Balaban J connectivity index is 3.62. The molecule has 0 heterocycles. The molecule has 0 spiro atoms. The highest BCUT2D eigenvalue weighted by molar-refractivity contribution is 5.80. The lowest BCUT2D eigenvalue weighted by Crippen LogP contribution is -2.36. The average molecular weight is 202 g/mol. The van der Waals surface area contributed by atoms with Crippen LogP contribution < -0.4 is 5.73 Å². The quantitative estimate of drug-likeness (QED) is 0.615. The Morgan fingerprint density at radius 3 is 2.57 bits per heavy atom. The Kier molecular flexibility index (Phi) is 7.42. The lowest BCUT2D eigenvalue weighted by atomic mass is 10.2. The minimum atomic E-state index is -0.338. The number of ether oxygens (including phenoxy) is 1. The van der Waals surface area contributed by atoms with E-state index in [2.05, 4.69) is 0 Å². The lowest BCUT2D eigenvalue weighted by molar-refractivity contribution is -0.139. The first-order valence-corrected chi connectivity index (χ1v) is 5.11. The van der Waals surface area contributed by atoms with Crippen molar-refractivity contribution in [2.24, 2.45) is 5.73 Å². The topological polar surface area (TPSA) is 55.6 Å². The summed E-state index contributed by atoms with van der Waals surface area (Å²) in [6.45, 7) is 3.28. The maximum absolute atomic E-state index is 11.5. The summed E-state index contributed by atoms with van der Waals surface area (Å²) in [7, 11) is 3.35. The number of carbonyl (C=O) groups excluding carboxylic acids is 1. The molecular formula is C10H22N2O2. The van der Waals surface area contributed by atoms with Gasteiger partial charge in [0.05, 0.1) is 0 Å². The fourth-order valence-corrected chi connectivity index (χ4v) is 1.19. The van der Waals surface area contributed by atoms with Crippen LogP contribution in [0.4, 0.5) is 0 Å². The van der Waals surface area contributed by atoms with Gasteiger partial charge in [0.2, 0.25) is 0 Å². The van der Waals surface area contributed by atoms with Gasteiger partial charge in [-0.3, -0.25) is 4.79 Å². The van der Waals surface area contributed by atoms with Crippen LogP contribution in [-0.2, 0) is 9.53 Å². The standard InChI is InChI=1S/C10H22N2O2/c1-9(14-3)10(13)12(2)8-6-4-5-7-11/h9H,4-8,11H2,1-3H3. The largest absolute Gasteiger partial charge is 0.372 e. The predicted molar refractivity (Wildman–Crippen MR) is 57.0 cm³/mol. The summed E-state index contributed by atoms with van der Waals surface area (Å²) in [5.41, 5.74) is 5.37. The highest BCUT2D eigenvalue weighted by Gasteiger charge is 2.15. The first kappa shape index (κ1) is 13.4. The molecule has 0 fully saturated rings. The van der Waals surface area contributed by atoms with Crippen molar-refractivity contribution in [3.63, 3.8) is 0 Å². The number of likely N-dealkylation sites (N-methyl/N-ethyl adjacent to an activating group) is 1. The average Bonchev–Trinajstić information content (AvgIpc) is 2.21. The molecule has 1 amide bonds. The number of methoxy groups -OCH3 is 1. The normalized spacial score (nSPS) is 12.6. The van der Waals surface area contributed by atoms with Gasteiger partial charge in [0.1, 0.15) is 6.10 Å². The number of rotatable bonds is 7. The number of hydrogen-bond donors (Lipinski definition) is 1. The summed E-state index contributed by atoms with van der Waals surface area (Å²) in [6.07, 6.45) is 2.78. The number of unbranched alkanes of at least 4 members (excludes halogenated alkanes) is 2. The van der Waals surface area contributed by atoms with E-state index in [9.17, 15) is 4.79 Å². The molecule has 0 aliphatic rings. The summed E-state index contributed by atoms with van der Waals surface area (Å²) >= 11 is 0. The third-order valence-electron chi connectivity index (χ3n) is 2.28. The first-order chi connectivity index (χ1) is 6.63. The molecule has 0 bridgehead atoms. The van der Waals surface area contributed by atoms with Crippen molar-refractivity contribution >= 4 is 5.91 Å². The molecule has 0 aromatic heterocycles. The second kappa shape index (κ2) is 7.76. The van der Waals surface area contributed by atoms with Crippen molar-refractivity contribution in [1.29, 1.82) is 0 Å². The Bertz CT molecular complexity index is 162. The van der Waals surface area contributed by atoms with Crippen LogP contribution in [0.2, 0.25) is 0 Å². The number of hydrogen-bond acceptors (Lipinski definition) is 3. The van der Waals surface area contributed by atoms with Crippen LogP contribution in [0.5, 0.6) is 0 Å². The van der Waals surface area contributed by atoms with Gasteiger partial charge in [-0.25, -0.2) is 0 Å². The molecule has 0 aliphatic heterocycles. The minimum Gasteiger partial charge on any atom is -0.372 e. The molecule has 0 rings (SSSR count). The van der Waals surface area contributed by atoms with Gasteiger partial charge in [-0.2, -0.15) is 0 Å². The summed E-state index contributed by atoms with van der Waals surface area (Å²) in [5, 5.41) is 0. The Labute approximate surface area is 86.4 Å². The van der Waals surface area contributed by atoms with E-state index in [1.807, 2.05) is 0 Å². The van der Waals surface area contributed by atoms with Crippen LogP contribution in [-0.4, -0.2) is 44.2 Å². The molecule has 0 aliphatic carbocycles. The van der Waals surface area contributed by atoms with Gasteiger partial charge >= 0.3 is 0 Å². The van der Waals surface area contributed by atoms with Gasteiger partial charge in [0, 0.05) is 20.7 Å². The molecule has 0 saturated carbocycles. The molecule has 84 valence electrons. The number of amides is 1. The molecule has 4 heteroatoms. The molecule has 1 unspecified atom stereocenters. The van der Waals surface area contributed by atoms with Crippen LogP contribution in [0.1, 0.15) is 26.2 Å². The number of nitrogens with zero attached hydrogens (tertiary/aromatic N) is 1. The number of carbonyl (C=O) groups is 1. The van der Waals surface area contributed by atoms with Gasteiger partial charge < -0.3 is 15.4 Å². The zero-order valence-electron chi connectivity index (χ0n) is 9.45. The summed E-state index contributed by atoms with van der Waals surface area (Å²) < 4.78 is 4.95. The number of nitrogens with two attached hydrogens (primary N) is 1. The predicted octanol–water partition coefficient (Wildman–Crippen LogP) is 0.609. The third-order valence-corrected chi connectivity index (χ3v) is 2.28. The summed E-state index contributed by atoms with van der Waals surface area (Å²) in [5.74, 6) is 0.0419.